The SMILES string of the molecule is Cc1cc(OCCNS(=O)(=O)c2cnn(C)c2)ccc1CC(C)C. The van der Waals surface area contributed by atoms with Crippen molar-refractivity contribution in [3.8, 4) is 5.75 Å². The number of rotatable bonds is 8. The first kappa shape index (κ1) is 18.5. The Labute approximate surface area is 143 Å². The van der Waals surface area contributed by atoms with Crippen molar-refractivity contribution in [2.24, 2.45) is 13.0 Å². The lowest BCUT2D eigenvalue weighted by molar-refractivity contribution is 0.322. The van der Waals surface area contributed by atoms with Gasteiger partial charge in [-0.3, -0.25) is 4.68 Å². The molecule has 7 heteroatoms. The summed E-state index contributed by atoms with van der Waals surface area (Å²) in [6.45, 7) is 6.92. The van der Waals surface area contributed by atoms with Crippen LogP contribution in [0.3, 0.4) is 0 Å². The van der Waals surface area contributed by atoms with E-state index in [-0.39, 0.29) is 18.0 Å². The van der Waals surface area contributed by atoms with Gasteiger partial charge in [0.15, 0.2) is 0 Å². The van der Waals surface area contributed by atoms with Crippen molar-refractivity contribution in [3.05, 3.63) is 41.7 Å². The minimum Gasteiger partial charge on any atom is -0.492 e. The predicted octanol–water partition coefficient (Wildman–Crippen LogP) is 2.28. The lowest BCUT2D eigenvalue weighted by Crippen LogP contribution is -2.28. The fourth-order valence-corrected chi connectivity index (χ4v) is 3.39. The largest absolute Gasteiger partial charge is 0.492 e. The predicted molar refractivity (Wildman–Crippen MR) is 93.6 cm³/mol. The number of nitrogens with one attached hydrogen (secondary N) is 1. The average molecular weight is 351 g/mol. The van der Waals surface area contributed by atoms with Gasteiger partial charge in [0.2, 0.25) is 10.0 Å². The molecule has 2 rings (SSSR count). The van der Waals surface area contributed by atoms with Crippen LogP contribution in [0.15, 0.2) is 35.5 Å². The summed E-state index contributed by atoms with van der Waals surface area (Å²) in [6.07, 6.45) is 3.82. The highest BCUT2D eigenvalue weighted by molar-refractivity contribution is 7.89. The number of benzene rings is 1. The average Bonchev–Trinajstić information content (AvgIpc) is 2.93. The lowest BCUT2D eigenvalue weighted by Gasteiger charge is -2.12. The van der Waals surface area contributed by atoms with Crippen LogP contribution < -0.4 is 9.46 Å². The summed E-state index contributed by atoms with van der Waals surface area (Å²) in [5.74, 6) is 1.36. The van der Waals surface area contributed by atoms with Crippen LogP contribution in [0, 0.1) is 12.8 Å². The van der Waals surface area contributed by atoms with Gasteiger partial charge in [-0.05, 0) is 42.5 Å². The number of sulfonamides is 1. The van der Waals surface area contributed by atoms with Crippen molar-refractivity contribution in [2.75, 3.05) is 13.2 Å². The highest BCUT2D eigenvalue weighted by Crippen LogP contribution is 2.19. The van der Waals surface area contributed by atoms with Crippen LogP contribution in [0.4, 0.5) is 0 Å². The molecule has 1 aromatic carbocycles. The quantitative estimate of drug-likeness (QED) is 0.741. The fraction of sp³-hybridized carbons (Fsp3) is 0.471. The highest BCUT2D eigenvalue weighted by Gasteiger charge is 2.15. The maximum absolute atomic E-state index is 12.0. The molecule has 0 unspecified atom stereocenters. The molecule has 0 spiro atoms. The summed E-state index contributed by atoms with van der Waals surface area (Å²) in [4.78, 5) is 0.152. The lowest BCUT2D eigenvalue weighted by atomic mass is 9.99. The van der Waals surface area contributed by atoms with Crippen molar-refractivity contribution in [2.45, 2.75) is 32.1 Å². The molecule has 2 aromatic rings. The molecule has 0 amide bonds. The Balaban J connectivity index is 1.85. The minimum absolute atomic E-state index is 0.152. The Kier molecular flexibility index (Phi) is 6.01. The molecule has 0 bridgehead atoms. The molecule has 24 heavy (non-hydrogen) atoms. The van der Waals surface area contributed by atoms with E-state index in [0.29, 0.717) is 5.92 Å². The topological polar surface area (TPSA) is 73.2 Å². The third-order valence-electron chi connectivity index (χ3n) is 3.60. The van der Waals surface area contributed by atoms with Gasteiger partial charge < -0.3 is 4.74 Å². The standard InChI is InChI=1S/C17H25N3O3S/c1-13(2)9-15-5-6-16(10-14(15)3)23-8-7-19-24(21,22)17-11-18-20(4)12-17/h5-6,10-13,19H,7-9H2,1-4H3. The van der Waals surface area contributed by atoms with Gasteiger partial charge in [-0.15, -0.1) is 0 Å². The minimum atomic E-state index is -3.54. The number of aryl methyl sites for hydroxylation is 2. The molecule has 1 aromatic heterocycles. The summed E-state index contributed by atoms with van der Waals surface area (Å²) in [6, 6.07) is 6.00. The second kappa shape index (κ2) is 7.81. The third kappa shape index (κ3) is 5.07. The zero-order valence-electron chi connectivity index (χ0n) is 14.6. The maximum atomic E-state index is 12.0. The van der Waals surface area contributed by atoms with E-state index < -0.39 is 10.0 Å². The van der Waals surface area contributed by atoms with Crippen LogP contribution in [0.1, 0.15) is 25.0 Å². The molecule has 6 nitrogen and oxygen atoms in total. The van der Waals surface area contributed by atoms with E-state index in [0.717, 1.165) is 12.2 Å². The third-order valence-corrected chi connectivity index (χ3v) is 5.01. The van der Waals surface area contributed by atoms with Crippen molar-refractivity contribution in [1.29, 1.82) is 0 Å². The second-order valence-corrected chi connectivity index (χ2v) is 8.05. The van der Waals surface area contributed by atoms with Gasteiger partial charge in [-0.25, -0.2) is 13.1 Å². The molecule has 0 saturated heterocycles. The zero-order valence-corrected chi connectivity index (χ0v) is 15.4. The van der Waals surface area contributed by atoms with Gasteiger partial charge in [-0.1, -0.05) is 19.9 Å². The van der Waals surface area contributed by atoms with Gasteiger partial charge in [0.25, 0.3) is 0 Å². The fourth-order valence-electron chi connectivity index (χ4n) is 2.39. The van der Waals surface area contributed by atoms with Gasteiger partial charge >= 0.3 is 0 Å². The van der Waals surface area contributed by atoms with Crippen LogP contribution in [0.5, 0.6) is 5.75 Å². The van der Waals surface area contributed by atoms with E-state index in [1.54, 1.807) is 7.05 Å². The molecular formula is C17H25N3O3S. The summed E-state index contributed by atoms with van der Waals surface area (Å²) < 4.78 is 33.7. The van der Waals surface area contributed by atoms with Gasteiger partial charge in [0.1, 0.15) is 17.3 Å². The second-order valence-electron chi connectivity index (χ2n) is 6.28. The van der Waals surface area contributed by atoms with Crippen molar-refractivity contribution in [3.63, 3.8) is 0 Å². The maximum Gasteiger partial charge on any atom is 0.243 e. The summed E-state index contributed by atoms with van der Waals surface area (Å²) in [7, 11) is -1.86. The molecular weight excluding hydrogens is 326 g/mol. The van der Waals surface area contributed by atoms with Crippen molar-refractivity contribution in [1.82, 2.24) is 14.5 Å². The van der Waals surface area contributed by atoms with E-state index in [4.69, 9.17) is 4.74 Å². The van der Waals surface area contributed by atoms with Crippen molar-refractivity contribution >= 4 is 10.0 Å². The van der Waals surface area contributed by atoms with E-state index >= 15 is 0 Å². The van der Waals surface area contributed by atoms with Crippen LogP contribution >= 0.6 is 0 Å². The number of hydrogen-bond donors (Lipinski definition) is 1. The first-order valence-electron chi connectivity index (χ1n) is 7.98. The Bertz CT molecular complexity index is 782. The number of ether oxygens (including phenoxy) is 1. The van der Waals surface area contributed by atoms with E-state index in [2.05, 4.69) is 36.7 Å². The van der Waals surface area contributed by atoms with Crippen LogP contribution in [0.25, 0.3) is 0 Å². The number of aromatic nitrogens is 2. The molecule has 0 aliphatic heterocycles. The Morgan fingerprint density at radius 2 is 2.08 bits per heavy atom. The molecule has 1 heterocycles. The molecule has 0 aliphatic carbocycles. The Hall–Kier alpha value is -1.86. The molecule has 0 fully saturated rings. The normalized spacial score (nSPS) is 11.9. The molecule has 0 atom stereocenters. The molecule has 0 saturated carbocycles. The molecule has 1 N–H and O–H groups in total. The molecule has 0 radical (unpaired) electrons. The van der Waals surface area contributed by atoms with Gasteiger partial charge in [0, 0.05) is 19.8 Å². The van der Waals surface area contributed by atoms with E-state index in [9.17, 15) is 8.42 Å². The Morgan fingerprint density at radius 1 is 1.33 bits per heavy atom. The van der Waals surface area contributed by atoms with E-state index in [1.165, 1.54) is 28.2 Å². The first-order valence-corrected chi connectivity index (χ1v) is 9.47. The summed E-state index contributed by atoms with van der Waals surface area (Å²) in [5.41, 5.74) is 2.51. The summed E-state index contributed by atoms with van der Waals surface area (Å²) >= 11 is 0. The van der Waals surface area contributed by atoms with Crippen LogP contribution in [-0.2, 0) is 23.5 Å². The van der Waals surface area contributed by atoms with Crippen LogP contribution in [0.2, 0.25) is 0 Å². The molecule has 0 aliphatic rings. The van der Waals surface area contributed by atoms with Gasteiger partial charge in [-0.2, -0.15) is 5.10 Å². The summed E-state index contributed by atoms with van der Waals surface area (Å²) in [5, 5.41) is 3.86. The first-order chi connectivity index (χ1) is 11.3. The van der Waals surface area contributed by atoms with Gasteiger partial charge in [0.05, 0.1) is 6.20 Å². The van der Waals surface area contributed by atoms with Crippen molar-refractivity contribution < 1.29 is 13.2 Å². The number of hydrogen-bond acceptors (Lipinski definition) is 4. The smallest absolute Gasteiger partial charge is 0.243 e. The van der Waals surface area contributed by atoms with E-state index in [1.807, 2.05) is 12.1 Å². The van der Waals surface area contributed by atoms with Crippen LogP contribution in [-0.4, -0.2) is 31.3 Å². The molecule has 132 valence electrons. The monoisotopic (exact) mass is 351 g/mol. The highest BCUT2D eigenvalue weighted by atomic mass is 32.2. The number of nitrogens with zero attached hydrogens (tertiary/aromatic N) is 2. The zero-order chi connectivity index (χ0) is 17.7. The Morgan fingerprint density at radius 3 is 2.67 bits per heavy atom.